The van der Waals surface area contributed by atoms with Crippen molar-refractivity contribution in [3.05, 3.63) is 22.3 Å². The fraction of sp³-hybridized carbons (Fsp3) is 0.600. The van der Waals surface area contributed by atoms with Crippen LogP contribution in [0.15, 0.2) is 4.90 Å². The highest BCUT2D eigenvalue weighted by Gasteiger charge is 2.31. The highest BCUT2D eigenvalue weighted by molar-refractivity contribution is 7.83. The molecule has 1 heterocycles. The van der Waals surface area contributed by atoms with Crippen LogP contribution in [0.5, 0.6) is 5.75 Å². The van der Waals surface area contributed by atoms with Gasteiger partial charge in [-0.1, -0.05) is 0 Å². The summed E-state index contributed by atoms with van der Waals surface area (Å²) in [7, 11) is 0.579. The summed E-state index contributed by atoms with van der Waals surface area (Å²) in [6.45, 7) is 10.4. The molecule has 0 aromatic heterocycles. The van der Waals surface area contributed by atoms with Crippen molar-refractivity contribution < 1.29 is 8.95 Å². The second kappa shape index (κ2) is 4.91. The smallest absolute Gasteiger partial charge is 0.126 e. The van der Waals surface area contributed by atoms with E-state index in [-0.39, 0.29) is 5.60 Å². The lowest BCUT2D eigenvalue weighted by Gasteiger charge is -2.35. The van der Waals surface area contributed by atoms with Crippen LogP contribution < -0.4 is 9.46 Å². The van der Waals surface area contributed by atoms with Crippen LogP contribution in [0.1, 0.15) is 42.5 Å². The van der Waals surface area contributed by atoms with Gasteiger partial charge >= 0.3 is 0 Å². The Hall–Kier alpha value is -0.870. The van der Waals surface area contributed by atoms with E-state index in [2.05, 4.69) is 32.4 Å². The molecule has 0 saturated heterocycles. The monoisotopic (exact) mass is 281 g/mol. The minimum Gasteiger partial charge on any atom is -0.487 e. The molecular formula is C15H23NO2S. The molecular weight excluding hydrogens is 258 g/mol. The molecule has 2 rings (SSSR count). The maximum absolute atomic E-state index is 12.2. The molecule has 1 atom stereocenters. The number of rotatable bonds is 2. The second-order valence-electron chi connectivity index (χ2n) is 5.85. The molecule has 0 fully saturated rings. The molecule has 19 heavy (non-hydrogen) atoms. The van der Waals surface area contributed by atoms with Crippen molar-refractivity contribution in [1.29, 1.82) is 0 Å². The van der Waals surface area contributed by atoms with Crippen molar-refractivity contribution in [3.8, 4) is 5.75 Å². The molecule has 0 amide bonds. The zero-order valence-electron chi connectivity index (χ0n) is 12.6. The number of ether oxygens (including phenoxy) is 1. The van der Waals surface area contributed by atoms with Crippen molar-refractivity contribution in [2.75, 3.05) is 7.05 Å². The van der Waals surface area contributed by atoms with Crippen molar-refractivity contribution in [2.45, 2.75) is 58.0 Å². The Labute approximate surface area is 118 Å². The fourth-order valence-corrected chi connectivity index (χ4v) is 3.76. The van der Waals surface area contributed by atoms with E-state index in [1.807, 2.05) is 6.92 Å². The summed E-state index contributed by atoms with van der Waals surface area (Å²) < 4.78 is 21.2. The maximum Gasteiger partial charge on any atom is 0.126 e. The third kappa shape index (κ3) is 2.43. The average molecular weight is 281 g/mol. The molecule has 1 unspecified atom stereocenters. The number of hydrogen-bond acceptors (Lipinski definition) is 2. The van der Waals surface area contributed by atoms with E-state index in [0.717, 1.165) is 40.2 Å². The lowest BCUT2D eigenvalue weighted by Crippen LogP contribution is -2.34. The summed E-state index contributed by atoms with van der Waals surface area (Å²) in [4.78, 5) is 0.919. The van der Waals surface area contributed by atoms with E-state index in [1.165, 1.54) is 5.56 Å². The van der Waals surface area contributed by atoms with E-state index in [9.17, 15) is 4.21 Å². The first kappa shape index (κ1) is 14.5. The van der Waals surface area contributed by atoms with Crippen LogP contribution >= 0.6 is 0 Å². The molecule has 0 spiro atoms. The number of nitrogens with one attached hydrogen (secondary N) is 1. The summed E-state index contributed by atoms with van der Waals surface area (Å²) in [6.07, 6.45) is 1.98. The summed E-state index contributed by atoms with van der Waals surface area (Å²) in [5.74, 6) is 1.00. The lowest BCUT2D eigenvalue weighted by molar-refractivity contribution is 0.0832. The molecule has 1 aliphatic heterocycles. The zero-order valence-corrected chi connectivity index (χ0v) is 13.5. The van der Waals surface area contributed by atoms with E-state index < -0.39 is 11.0 Å². The van der Waals surface area contributed by atoms with E-state index >= 15 is 0 Å². The molecule has 0 saturated carbocycles. The predicted octanol–water partition coefficient (Wildman–Crippen LogP) is 2.96. The highest BCUT2D eigenvalue weighted by Crippen LogP contribution is 2.41. The van der Waals surface area contributed by atoms with Gasteiger partial charge in [0.2, 0.25) is 0 Å². The van der Waals surface area contributed by atoms with Gasteiger partial charge in [0, 0.05) is 0 Å². The topological polar surface area (TPSA) is 38.3 Å². The minimum atomic E-state index is -1.15. The Kier molecular flexibility index (Phi) is 3.76. The van der Waals surface area contributed by atoms with E-state index in [0.29, 0.717) is 0 Å². The lowest BCUT2D eigenvalue weighted by atomic mass is 9.88. The van der Waals surface area contributed by atoms with Crippen LogP contribution in [0.3, 0.4) is 0 Å². The molecule has 4 heteroatoms. The van der Waals surface area contributed by atoms with Gasteiger partial charge in [-0.15, -0.1) is 0 Å². The first-order valence-electron chi connectivity index (χ1n) is 6.69. The van der Waals surface area contributed by atoms with Crippen LogP contribution in [0.2, 0.25) is 0 Å². The number of hydrogen-bond donors (Lipinski definition) is 1. The summed E-state index contributed by atoms with van der Waals surface area (Å²) >= 11 is 0. The van der Waals surface area contributed by atoms with E-state index in [4.69, 9.17) is 4.74 Å². The quantitative estimate of drug-likeness (QED) is 0.905. The Balaban J connectivity index is 2.67. The van der Waals surface area contributed by atoms with Crippen LogP contribution in [0.25, 0.3) is 0 Å². The number of fused-ring (bicyclic) bond motifs is 1. The summed E-state index contributed by atoms with van der Waals surface area (Å²) in [6, 6.07) is 0. The molecule has 1 aromatic carbocycles. The Morgan fingerprint density at radius 3 is 2.37 bits per heavy atom. The van der Waals surface area contributed by atoms with Crippen LogP contribution in [-0.2, 0) is 17.4 Å². The van der Waals surface area contributed by atoms with Gasteiger partial charge in [-0.05, 0) is 76.8 Å². The van der Waals surface area contributed by atoms with Crippen molar-refractivity contribution in [3.63, 3.8) is 0 Å². The number of benzene rings is 1. The Morgan fingerprint density at radius 2 is 1.79 bits per heavy atom. The largest absolute Gasteiger partial charge is 0.487 e. The van der Waals surface area contributed by atoms with Crippen LogP contribution in [0, 0.1) is 20.8 Å². The fourth-order valence-electron chi connectivity index (χ4n) is 2.73. The molecule has 0 bridgehead atoms. The third-order valence-electron chi connectivity index (χ3n) is 4.04. The van der Waals surface area contributed by atoms with Crippen LogP contribution in [0.4, 0.5) is 0 Å². The molecule has 106 valence electrons. The zero-order chi connectivity index (χ0) is 14.4. The molecule has 1 N–H and O–H groups in total. The van der Waals surface area contributed by atoms with Gasteiger partial charge in [0.05, 0.1) is 4.90 Å². The van der Waals surface area contributed by atoms with Gasteiger partial charge < -0.3 is 4.74 Å². The SMILES string of the molecule is CNS(=O)c1c(C)c(C)c2c(c1C)CCC(C)(C)O2. The van der Waals surface area contributed by atoms with E-state index in [1.54, 1.807) is 7.05 Å². The first-order chi connectivity index (χ1) is 8.78. The summed E-state index contributed by atoms with van der Waals surface area (Å²) in [5, 5.41) is 0. The van der Waals surface area contributed by atoms with Gasteiger partial charge in [0.1, 0.15) is 22.3 Å². The predicted molar refractivity (Wildman–Crippen MR) is 79.1 cm³/mol. The maximum atomic E-state index is 12.2. The molecule has 1 aliphatic rings. The molecule has 1 aromatic rings. The van der Waals surface area contributed by atoms with Gasteiger partial charge in [-0.25, -0.2) is 8.93 Å². The van der Waals surface area contributed by atoms with Crippen LogP contribution in [-0.4, -0.2) is 16.9 Å². The minimum absolute atomic E-state index is 0.111. The first-order valence-corrected chi connectivity index (χ1v) is 7.84. The normalized spacial score (nSPS) is 18.6. The molecule has 0 aliphatic carbocycles. The van der Waals surface area contributed by atoms with Gasteiger partial charge in [-0.2, -0.15) is 0 Å². The van der Waals surface area contributed by atoms with Gasteiger partial charge in [-0.3, -0.25) is 0 Å². The van der Waals surface area contributed by atoms with Gasteiger partial charge in [0.25, 0.3) is 0 Å². The second-order valence-corrected chi connectivity index (χ2v) is 7.20. The van der Waals surface area contributed by atoms with Crippen molar-refractivity contribution >= 4 is 11.0 Å². The van der Waals surface area contributed by atoms with Crippen molar-refractivity contribution in [2.24, 2.45) is 0 Å². The summed E-state index contributed by atoms with van der Waals surface area (Å²) in [5.41, 5.74) is 4.41. The standard InChI is InChI=1S/C15H23NO2S/c1-9-10(2)14(19(17)16-6)11(3)12-7-8-15(4,5)18-13(9)12/h16H,7-8H2,1-6H3. The third-order valence-corrected chi connectivity index (χ3v) is 5.39. The Bertz CT molecular complexity index is 550. The molecule has 0 radical (unpaired) electrons. The van der Waals surface area contributed by atoms with Gasteiger partial charge in [0.15, 0.2) is 0 Å². The average Bonchev–Trinajstić information content (AvgIpc) is 2.35. The highest BCUT2D eigenvalue weighted by atomic mass is 32.2. The Morgan fingerprint density at radius 1 is 1.16 bits per heavy atom. The molecule has 3 nitrogen and oxygen atoms in total. The van der Waals surface area contributed by atoms with Crippen molar-refractivity contribution in [1.82, 2.24) is 4.72 Å².